The van der Waals surface area contributed by atoms with E-state index in [9.17, 15) is 9.90 Å². The summed E-state index contributed by atoms with van der Waals surface area (Å²) in [5, 5.41) is 20.5. The summed E-state index contributed by atoms with van der Waals surface area (Å²) in [7, 11) is 1.72. The van der Waals surface area contributed by atoms with Crippen molar-refractivity contribution in [3.05, 3.63) is 65.7 Å². The van der Waals surface area contributed by atoms with Crippen LogP contribution in [0, 0.1) is 6.92 Å². The number of hydrogen-bond acceptors (Lipinski definition) is 6. The number of aromatic nitrogens is 5. The maximum atomic E-state index is 12.4. The van der Waals surface area contributed by atoms with E-state index in [0.29, 0.717) is 34.4 Å². The number of anilines is 1. The Balaban J connectivity index is 1.52. The van der Waals surface area contributed by atoms with Gasteiger partial charge < -0.3 is 15.2 Å². The Morgan fingerprint density at radius 2 is 2.07 bits per heavy atom. The van der Waals surface area contributed by atoms with E-state index in [2.05, 4.69) is 20.5 Å². The lowest BCUT2D eigenvalue weighted by molar-refractivity contribution is 0.101. The predicted molar refractivity (Wildman–Crippen MR) is 101 cm³/mol. The fourth-order valence-corrected chi connectivity index (χ4v) is 2.82. The Morgan fingerprint density at radius 1 is 1.21 bits per heavy atom. The molecule has 0 aliphatic heterocycles. The van der Waals surface area contributed by atoms with E-state index in [1.165, 1.54) is 9.20 Å². The van der Waals surface area contributed by atoms with Crippen LogP contribution in [0.2, 0.25) is 0 Å². The molecule has 142 valence electrons. The molecule has 0 saturated heterocycles. The van der Waals surface area contributed by atoms with E-state index in [4.69, 9.17) is 4.74 Å². The molecule has 28 heavy (non-hydrogen) atoms. The molecule has 9 heteroatoms. The summed E-state index contributed by atoms with van der Waals surface area (Å²) in [6, 6.07) is 12.2. The molecule has 2 N–H and O–H groups in total. The number of amides is 1. The molecule has 0 atom stereocenters. The number of aryl methyl sites for hydroxylation is 2. The van der Waals surface area contributed by atoms with Gasteiger partial charge in [0, 0.05) is 24.9 Å². The average molecular weight is 378 g/mol. The van der Waals surface area contributed by atoms with Gasteiger partial charge in [0.2, 0.25) is 5.88 Å². The third-order valence-corrected chi connectivity index (χ3v) is 4.06. The quantitative estimate of drug-likeness (QED) is 0.552. The first-order valence-corrected chi connectivity index (χ1v) is 8.58. The largest absolute Gasteiger partial charge is 0.438 e. The van der Waals surface area contributed by atoms with Crippen molar-refractivity contribution in [2.24, 2.45) is 7.05 Å². The summed E-state index contributed by atoms with van der Waals surface area (Å²) in [4.78, 5) is 16.6. The van der Waals surface area contributed by atoms with Crippen LogP contribution in [0.25, 0.3) is 5.65 Å². The van der Waals surface area contributed by atoms with Gasteiger partial charge in [0.15, 0.2) is 5.65 Å². The monoisotopic (exact) mass is 378 g/mol. The molecular formula is C19H18N6O3. The van der Waals surface area contributed by atoms with E-state index in [-0.39, 0.29) is 12.5 Å². The molecule has 3 heterocycles. The number of benzene rings is 1. The number of carbonyl (C=O) groups is 1. The lowest BCUT2D eigenvalue weighted by Gasteiger charge is -2.08. The van der Waals surface area contributed by atoms with Crippen LogP contribution < -0.4 is 10.1 Å². The van der Waals surface area contributed by atoms with Crippen molar-refractivity contribution in [3.8, 4) is 11.6 Å². The van der Waals surface area contributed by atoms with E-state index < -0.39 is 0 Å². The maximum Gasteiger partial charge on any atom is 0.273 e. The fourth-order valence-electron chi connectivity index (χ4n) is 2.82. The summed E-state index contributed by atoms with van der Waals surface area (Å²) < 4.78 is 8.87. The number of fused-ring (bicyclic) bond motifs is 1. The second-order valence-corrected chi connectivity index (χ2v) is 6.24. The molecule has 0 radical (unpaired) electrons. The Morgan fingerprint density at radius 3 is 2.82 bits per heavy atom. The molecule has 9 nitrogen and oxygen atoms in total. The number of carbonyl (C=O) groups excluding carboxylic acids is 1. The van der Waals surface area contributed by atoms with E-state index in [1.807, 2.05) is 6.92 Å². The zero-order valence-corrected chi connectivity index (χ0v) is 15.3. The highest BCUT2D eigenvalue weighted by Crippen LogP contribution is 2.23. The third-order valence-electron chi connectivity index (χ3n) is 4.06. The van der Waals surface area contributed by atoms with Crippen molar-refractivity contribution in [1.29, 1.82) is 0 Å². The number of nitrogens with zero attached hydrogens (tertiary/aromatic N) is 5. The molecule has 4 aromatic rings. The Labute approximate surface area is 160 Å². The topological polar surface area (TPSA) is 107 Å². The summed E-state index contributed by atoms with van der Waals surface area (Å²) in [5.74, 6) is 0.628. The Kier molecular flexibility index (Phi) is 4.50. The molecule has 0 fully saturated rings. The van der Waals surface area contributed by atoms with Gasteiger partial charge in [0.25, 0.3) is 5.91 Å². The van der Waals surface area contributed by atoms with Gasteiger partial charge in [0.1, 0.15) is 11.4 Å². The number of ether oxygens (including phenoxy) is 1. The predicted octanol–water partition coefficient (Wildman–Crippen LogP) is 2.31. The highest BCUT2D eigenvalue weighted by molar-refractivity contribution is 6.03. The second kappa shape index (κ2) is 7.12. The zero-order valence-electron chi connectivity index (χ0n) is 15.3. The molecule has 1 aromatic carbocycles. The zero-order chi connectivity index (χ0) is 19.7. The van der Waals surface area contributed by atoms with Gasteiger partial charge in [-0.1, -0.05) is 6.07 Å². The molecule has 3 aromatic heterocycles. The highest BCUT2D eigenvalue weighted by atomic mass is 16.5. The summed E-state index contributed by atoms with van der Waals surface area (Å²) in [6.07, 6.45) is 1.63. The molecule has 0 aliphatic rings. The molecular weight excluding hydrogens is 360 g/mol. The molecule has 0 bridgehead atoms. The first-order chi connectivity index (χ1) is 13.5. The normalized spacial score (nSPS) is 11.0. The smallest absolute Gasteiger partial charge is 0.273 e. The number of nitrogens with one attached hydrogen (secondary N) is 1. The molecule has 4 rings (SSSR count). The third kappa shape index (κ3) is 3.55. The number of rotatable bonds is 5. The molecule has 0 unspecified atom stereocenters. The second-order valence-electron chi connectivity index (χ2n) is 6.24. The number of hydrogen-bond donors (Lipinski definition) is 2. The average Bonchev–Trinajstić information content (AvgIpc) is 3.23. The van der Waals surface area contributed by atoms with E-state index in [0.717, 1.165) is 5.69 Å². The Hall–Kier alpha value is -3.72. The van der Waals surface area contributed by atoms with E-state index >= 15 is 0 Å². The summed E-state index contributed by atoms with van der Waals surface area (Å²) in [5.41, 5.74) is 2.97. The number of aliphatic hydroxyl groups is 1. The van der Waals surface area contributed by atoms with E-state index in [1.54, 1.807) is 55.7 Å². The minimum absolute atomic E-state index is 0.155. The molecule has 0 spiro atoms. The minimum Gasteiger partial charge on any atom is -0.438 e. The van der Waals surface area contributed by atoms with Crippen molar-refractivity contribution in [3.63, 3.8) is 0 Å². The van der Waals surface area contributed by atoms with Crippen LogP contribution in [0.1, 0.15) is 21.9 Å². The first kappa shape index (κ1) is 17.7. The van der Waals surface area contributed by atoms with Crippen molar-refractivity contribution >= 4 is 17.2 Å². The van der Waals surface area contributed by atoms with Crippen LogP contribution in [0.3, 0.4) is 0 Å². The van der Waals surface area contributed by atoms with Gasteiger partial charge in [-0.2, -0.15) is 5.10 Å². The van der Waals surface area contributed by atoms with Crippen LogP contribution >= 0.6 is 0 Å². The molecule has 0 aliphatic carbocycles. The first-order valence-electron chi connectivity index (χ1n) is 8.58. The summed E-state index contributed by atoms with van der Waals surface area (Å²) in [6.45, 7) is 1.68. The lowest BCUT2D eigenvalue weighted by Crippen LogP contribution is -2.16. The summed E-state index contributed by atoms with van der Waals surface area (Å²) >= 11 is 0. The maximum absolute atomic E-state index is 12.4. The standard InChI is InChI=1S/C19H18N6O3/c1-12-8-16(24(2)22-12)19(27)21-13-4-3-5-15(9-13)28-18-7-6-17-20-14(11-26)10-25(17)23-18/h3-10,26H,11H2,1-2H3,(H,21,27). The van der Waals surface area contributed by atoms with Crippen LogP contribution in [-0.4, -0.2) is 35.4 Å². The van der Waals surface area contributed by atoms with Gasteiger partial charge in [-0.15, -0.1) is 5.10 Å². The van der Waals surface area contributed by atoms with Gasteiger partial charge in [-0.3, -0.25) is 9.48 Å². The van der Waals surface area contributed by atoms with Gasteiger partial charge in [0.05, 0.1) is 24.2 Å². The van der Waals surface area contributed by atoms with Crippen molar-refractivity contribution in [2.45, 2.75) is 13.5 Å². The minimum atomic E-state index is -0.255. The Bertz CT molecular complexity index is 1160. The van der Waals surface area contributed by atoms with Crippen molar-refractivity contribution in [1.82, 2.24) is 24.4 Å². The molecule has 1 amide bonds. The van der Waals surface area contributed by atoms with Gasteiger partial charge >= 0.3 is 0 Å². The van der Waals surface area contributed by atoms with Crippen molar-refractivity contribution < 1.29 is 14.6 Å². The fraction of sp³-hybridized carbons (Fsp3) is 0.158. The van der Waals surface area contributed by atoms with Crippen LogP contribution in [0.4, 0.5) is 5.69 Å². The van der Waals surface area contributed by atoms with Gasteiger partial charge in [-0.05, 0) is 31.2 Å². The van der Waals surface area contributed by atoms with Gasteiger partial charge in [-0.25, -0.2) is 9.50 Å². The SMILES string of the molecule is Cc1cc(C(=O)Nc2cccc(Oc3ccc4nc(CO)cn4n3)c2)n(C)n1. The lowest BCUT2D eigenvalue weighted by atomic mass is 10.3. The van der Waals surface area contributed by atoms with Crippen molar-refractivity contribution in [2.75, 3.05) is 5.32 Å². The van der Waals surface area contributed by atoms with Crippen LogP contribution in [0.15, 0.2) is 48.7 Å². The number of aliphatic hydroxyl groups excluding tert-OH is 1. The number of imidazole rings is 1. The van der Waals surface area contributed by atoms with Crippen LogP contribution in [-0.2, 0) is 13.7 Å². The highest BCUT2D eigenvalue weighted by Gasteiger charge is 2.12. The molecule has 0 saturated carbocycles. The van der Waals surface area contributed by atoms with Crippen LogP contribution in [0.5, 0.6) is 11.6 Å².